The first-order valence-electron chi connectivity index (χ1n) is 5.29. The monoisotopic (exact) mass is 184 g/mol. The molecule has 0 aliphatic heterocycles. The summed E-state index contributed by atoms with van der Waals surface area (Å²) in [6.07, 6.45) is 5.93. The number of methoxy groups -OCH3 is 1. The van der Waals surface area contributed by atoms with Crippen LogP contribution in [0.2, 0.25) is 0 Å². The maximum atomic E-state index is 11.5. The zero-order valence-corrected chi connectivity index (χ0v) is 8.71. The lowest BCUT2D eigenvalue weighted by Crippen LogP contribution is -2.25. The molecule has 0 amide bonds. The highest BCUT2D eigenvalue weighted by Crippen LogP contribution is 2.31. The molecule has 13 heavy (non-hydrogen) atoms. The largest absolute Gasteiger partial charge is 0.377 e. The van der Waals surface area contributed by atoms with Crippen molar-refractivity contribution in [1.29, 1.82) is 0 Å². The molecule has 2 heteroatoms. The molecule has 1 rings (SSSR count). The average molecular weight is 184 g/mol. The van der Waals surface area contributed by atoms with E-state index in [0.717, 1.165) is 18.8 Å². The maximum absolute atomic E-state index is 11.5. The zero-order valence-electron chi connectivity index (χ0n) is 8.71. The number of ether oxygens (including phenoxy) is 1. The minimum Gasteiger partial charge on any atom is -0.377 e. The summed E-state index contributed by atoms with van der Waals surface area (Å²) >= 11 is 0. The predicted octanol–water partition coefficient (Wildman–Crippen LogP) is 2.42. The second-order valence-electron chi connectivity index (χ2n) is 4.04. The van der Waals surface area contributed by atoms with Gasteiger partial charge < -0.3 is 4.74 Å². The minimum atomic E-state index is 0.290. The van der Waals surface area contributed by atoms with Gasteiger partial charge in [-0.05, 0) is 18.8 Å². The highest BCUT2D eigenvalue weighted by molar-refractivity contribution is 5.82. The van der Waals surface area contributed by atoms with Crippen LogP contribution in [0.15, 0.2) is 0 Å². The third-order valence-electron chi connectivity index (χ3n) is 3.10. The van der Waals surface area contributed by atoms with Gasteiger partial charge in [-0.2, -0.15) is 0 Å². The van der Waals surface area contributed by atoms with E-state index in [9.17, 15) is 4.79 Å². The van der Waals surface area contributed by atoms with Gasteiger partial charge in [-0.1, -0.05) is 26.2 Å². The van der Waals surface area contributed by atoms with Crippen molar-refractivity contribution < 1.29 is 9.53 Å². The third kappa shape index (κ3) is 3.11. The normalized spacial score (nSPS) is 28.8. The Bertz CT molecular complexity index is 165. The standard InChI is InChI=1S/C11H20O2/c1-3-9-5-4-6-10(7-9)11(12)8-13-2/h9-10H,3-8H2,1-2H3. The van der Waals surface area contributed by atoms with Crippen molar-refractivity contribution >= 4 is 5.78 Å². The first-order chi connectivity index (χ1) is 6.27. The molecule has 2 nitrogen and oxygen atoms in total. The summed E-state index contributed by atoms with van der Waals surface area (Å²) in [5.74, 6) is 1.37. The molecule has 0 N–H and O–H groups in total. The molecule has 0 spiro atoms. The van der Waals surface area contributed by atoms with Gasteiger partial charge in [0.2, 0.25) is 0 Å². The predicted molar refractivity (Wildman–Crippen MR) is 52.6 cm³/mol. The summed E-state index contributed by atoms with van der Waals surface area (Å²) in [7, 11) is 1.60. The van der Waals surface area contributed by atoms with E-state index in [1.807, 2.05) is 0 Å². The highest BCUT2D eigenvalue weighted by Gasteiger charge is 2.25. The number of rotatable bonds is 4. The molecule has 0 heterocycles. The molecule has 76 valence electrons. The van der Waals surface area contributed by atoms with Crippen LogP contribution >= 0.6 is 0 Å². The van der Waals surface area contributed by atoms with E-state index in [2.05, 4.69) is 6.92 Å². The highest BCUT2D eigenvalue weighted by atomic mass is 16.5. The van der Waals surface area contributed by atoms with Crippen molar-refractivity contribution in [3.63, 3.8) is 0 Å². The van der Waals surface area contributed by atoms with E-state index in [1.165, 1.54) is 19.3 Å². The van der Waals surface area contributed by atoms with Gasteiger partial charge in [0.15, 0.2) is 5.78 Å². The summed E-state index contributed by atoms with van der Waals surface area (Å²) in [6, 6.07) is 0. The fourth-order valence-corrected chi connectivity index (χ4v) is 2.21. The Labute approximate surface area is 80.7 Å². The maximum Gasteiger partial charge on any atom is 0.161 e. The lowest BCUT2D eigenvalue weighted by molar-refractivity contribution is -0.128. The molecular formula is C11H20O2. The fourth-order valence-electron chi connectivity index (χ4n) is 2.21. The topological polar surface area (TPSA) is 26.3 Å². The average Bonchev–Trinajstić information content (AvgIpc) is 2.18. The van der Waals surface area contributed by atoms with Crippen LogP contribution in [0.4, 0.5) is 0 Å². The number of ketones is 1. The van der Waals surface area contributed by atoms with Crippen LogP contribution in [0.5, 0.6) is 0 Å². The lowest BCUT2D eigenvalue weighted by Gasteiger charge is -2.27. The van der Waals surface area contributed by atoms with Crippen LogP contribution in [-0.4, -0.2) is 19.5 Å². The number of Topliss-reactive ketones (excluding diaryl/α,β-unsaturated/α-hetero) is 1. The van der Waals surface area contributed by atoms with Crippen molar-refractivity contribution in [2.75, 3.05) is 13.7 Å². The summed E-state index contributed by atoms with van der Waals surface area (Å²) in [4.78, 5) is 11.5. The Morgan fingerprint density at radius 2 is 2.23 bits per heavy atom. The molecule has 0 bridgehead atoms. The van der Waals surface area contributed by atoms with Crippen molar-refractivity contribution in [1.82, 2.24) is 0 Å². The van der Waals surface area contributed by atoms with E-state index in [1.54, 1.807) is 7.11 Å². The Hall–Kier alpha value is -0.370. The quantitative estimate of drug-likeness (QED) is 0.670. The summed E-state index contributed by atoms with van der Waals surface area (Å²) in [5.41, 5.74) is 0. The SMILES string of the molecule is CCC1CCCC(C(=O)COC)C1. The molecule has 0 aromatic heterocycles. The lowest BCUT2D eigenvalue weighted by atomic mass is 9.78. The van der Waals surface area contributed by atoms with Gasteiger partial charge in [-0.25, -0.2) is 0 Å². The molecule has 1 saturated carbocycles. The van der Waals surface area contributed by atoms with Crippen molar-refractivity contribution in [3.05, 3.63) is 0 Å². The van der Waals surface area contributed by atoms with Crippen LogP contribution < -0.4 is 0 Å². The van der Waals surface area contributed by atoms with Crippen LogP contribution in [-0.2, 0) is 9.53 Å². The number of hydrogen-bond acceptors (Lipinski definition) is 2. The van der Waals surface area contributed by atoms with Gasteiger partial charge in [0.25, 0.3) is 0 Å². The molecule has 0 aromatic rings. The van der Waals surface area contributed by atoms with Gasteiger partial charge in [0.05, 0.1) is 0 Å². The fraction of sp³-hybridized carbons (Fsp3) is 0.909. The van der Waals surface area contributed by atoms with E-state index >= 15 is 0 Å². The minimum absolute atomic E-state index is 0.290. The molecule has 1 aliphatic rings. The van der Waals surface area contributed by atoms with Crippen LogP contribution in [0.1, 0.15) is 39.0 Å². The van der Waals surface area contributed by atoms with Crippen LogP contribution in [0.25, 0.3) is 0 Å². The molecule has 0 aromatic carbocycles. The van der Waals surface area contributed by atoms with Crippen molar-refractivity contribution in [2.24, 2.45) is 11.8 Å². The van der Waals surface area contributed by atoms with Gasteiger partial charge in [-0.3, -0.25) is 4.79 Å². The smallest absolute Gasteiger partial charge is 0.161 e. The van der Waals surface area contributed by atoms with Gasteiger partial charge >= 0.3 is 0 Å². The molecular weight excluding hydrogens is 164 g/mol. The van der Waals surface area contributed by atoms with E-state index in [-0.39, 0.29) is 0 Å². The molecule has 0 radical (unpaired) electrons. The van der Waals surface area contributed by atoms with Gasteiger partial charge in [0.1, 0.15) is 6.61 Å². The third-order valence-corrected chi connectivity index (χ3v) is 3.10. The van der Waals surface area contributed by atoms with Crippen molar-refractivity contribution in [2.45, 2.75) is 39.0 Å². The van der Waals surface area contributed by atoms with Crippen LogP contribution in [0.3, 0.4) is 0 Å². The second kappa shape index (κ2) is 5.38. The Morgan fingerprint density at radius 3 is 2.85 bits per heavy atom. The number of hydrogen-bond donors (Lipinski definition) is 0. The summed E-state index contributed by atoms with van der Waals surface area (Å²) in [5, 5.41) is 0. The zero-order chi connectivity index (χ0) is 9.68. The molecule has 1 aliphatic carbocycles. The van der Waals surface area contributed by atoms with Crippen LogP contribution in [0, 0.1) is 11.8 Å². The molecule has 2 unspecified atom stereocenters. The Kier molecular flexibility index (Phi) is 4.43. The van der Waals surface area contributed by atoms with E-state index in [0.29, 0.717) is 18.3 Å². The Morgan fingerprint density at radius 1 is 1.46 bits per heavy atom. The van der Waals surface area contributed by atoms with E-state index < -0.39 is 0 Å². The van der Waals surface area contributed by atoms with Crippen molar-refractivity contribution in [3.8, 4) is 0 Å². The molecule has 0 saturated heterocycles. The first kappa shape index (κ1) is 10.7. The molecule has 2 atom stereocenters. The number of carbonyl (C=O) groups excluding carboxylic acids is 1. The Balaban J connectivity index is 2.37. The van der Waals surface area contributed by atoms with E-state index in [4.69, 9.17) is 4.74 Å². The second-order valence-corrected chi connectivity index (χ2v) is 4.04. The number of carbonyl (C=O) groups is 1. The summed E-state index contributed by atoms with van der Waals surface area (Å²) < 4.78 is 4.88. The summed E-state index contributed by atoms with van der Waals surface area (Å²) in [6.45, 7) is 2.52. The molecule has 1 fully saturated rings. The first-order valence-corrected chi connectivity index (χ1v) is 5.29. The van der Waals surface area contributed by atoms with Gasteiger partial charge in [0, 0.05) is 13.0 Å². The van der Waals surface area contributed by atoms with Gasteiger partial charge in [-0.15, -0.1) is 0 Å².